The monoisotopic (exact) mass is 1250 g/mol. The van der Waals surface area contributed by atoms with Crippen LogP contribution in [-0.4, -0.2) is 193 Å². The molecule has 512 valence electrons. The smallest absolute Gasteiger partial charge is 0.220 e. The SMILES string of the molecule is CCCCC/C=C/CC/C=C/C(O)C(COC1OC(CO)C(OC2OC(CO)C(OC3OC(CO)C(O)C(O)C3O)C(O)C2O)C(O)C1O)NC(=O)CCCCCCCCCCCCCCCCCCCCCCCCCCCCCCCCCCC. The lowest BCUT2D eigenvalue weighted by Crippen LogP contribution is -2.66. The number of carbonyl (C=O) groups is 1. The Morgan fingerprint density at radius 1 is 0.402 bits per heavy atom. The van der Waals surface area contributed by atoms with Gasteiger partial charge in [-0.1, -0.05) is 256 Å². The lowest BCUT2D eigenvalue weighted by atomic mass is 9.96. The average Bonchev–Trinajstić information content (AvgIpc) is 3.66. The molecule has 17 unspecified atom stereocenters. The number of nitrogens with one attached hydrogen (secondary N) is 1. The van der Waals surface area contributed by atoms with Gasteiger partial charge in [-0.05, 0) is 32.1 Å². The summed E-state index contributed by atoms with van der Waals surface area (Å²) in [5.41, 5.74) is 0. The van der Waals surface area contributed by atoms with E-state index in [0.717, 1.165) is 44.9 Å². The lowest BCUT2D eigenvalue weighted by molar-refractivity contribution is -0.379. The van der Waals surface area contributed by atoms with Gasteiger partial charge < -0.3 is 89.9 Å². The number of hydrogen-bond donors (Lipinski definition) is 12. The molecule has 0 radical (unpaired) electrons. The number of carbonyl (C=O) groups excluding carboxylic acids is 1. The molecule has 0 aromatic rings. The van der Waals surface area contributed by atoms with Gasteiger partial charge in [0.2, 0.25) is 5.91 Å². The van der Waals surface area contributed by atoms with Gasteiger partial charge in [-0.15, -0.1) is 0 Å². The number of aliphatic hydroxyl groups excluding tert-OH is 11. The fourth-order valence-corrected chi connectivity index (χ4v) is 12.0. The van der Waals surface area contributed by atoms with Crippen molar-refractivity contribution in [2.75, 3.05) is 26.4 Å². The predicted molar refractivity (Wildman–Crippen MR) is 337 cm³/mol. The van der Waals surface area contributed by atoms with E-state index >= 15 is 0 Å². The number of hydrogen-bond acceptors (Lipinski definition) is 18. The molecule has 3 rings (SSSR count). The highest BCUT2D eigenvalue weighted by Crippen LogP contribution is 2.33. The molecule has 17 atom stereocenters. The van der Waals surface area contributed by atoms with Crippen molar-refractivity contribution in [1.29, 1.82) is 0 Å². The summed E-state index contributed by atoms with van der Waals surface area (Å²) in [6.45, 7) is 1.67. The van der Waals surface area contributed by atoms with E-state index in [9.17, 15) is 61.0 Å². The van der Waals surface area contributed by atoms with Crippen molar-refractivity contribution < 1.29 is 89.4 Å². The molecule has 3 aliphatic heterocycles. The zero-order valence-electron chi connectivity index (χ0n) is 54.0. The molecule has 0 spiro atoms. The Bertz CT molecular complexity index is 1680. The number of ether oxygens (including phenoxy) is 6. The number of amides is 1. The highest BCUT2D eigenvalue weighted by atomic mass is 16.8. The van der Waals surface area contributed by atoms with Gasteiger partial charge in [0, 0.05) is 6.42 Å². The minimum atomic E-state index is -1.98. The molecular formula is C68H127NO18. The van der Waals surface area contributed by atoms with Crippen LogP contribution < -0.4 is 5.32 Å². The van der Waals surface area contributed by atoms with Gasteiger partial charge in [0.25, 0.3) is 0 Å². The Labute approximate surface area is 524 Å². The van der Waals surface area contributed by atoms with E-state index in [1.54, 1.807) is 6.08 Å². The largest absolute Gasteiger partial charge is 0.394 e. The summed E-state index contributed by atoms with van der Waals surface area (Å²) in [5, 5.41) is 120. The minimum Gasteiger partial charge on any atom is -0.394 e. The predicted octanol–water partition coefficient (Wildman–Crippen LogP) is 9.05. The van der Waals surface area contributed by atoms with Gasteiger partial charge in [-0.3, -0.25) is 4.79 Å². The van der Waals surface area contributed by atoms with Crippen LogP contribution in [0.2, 0.25) is 0 Å². The van der Waals surface area contributed by atoms with Crippen molar-refractivity contribution in [3.63, 3.8) is 0 Å². The van der Waals surface area contributed by atoms with Crippen LogP contribution in [0.4, 0.5) is 0 Å². The standard InChI is InChI=1S/C68H127NO18/c1-3-5-7-9-11-13-14-15-16-17-18-19-20-21-22-23-24-25-26-27-28-29-30-31-32-33-34-35-36-38-40-42-44-46-56(74)69-51(52(73)45-43-41-39-37-12-10-8-6-4-2)50-82-66-62(80)59(77)64(54(48-71)84-66)87-68-63(81)60(78)65(55(49-72)85-68)86-67-61(79)58(76)57(75)53(47-70)83-67/h12,37,43,45,51-55,57-68,70-73,75-81H,3-11,13-36,38-42,44,46-50H2,1-2H3,(H,69,74)/b37-12+,45-43+. The maximum Gasteiger partial charge on any atom is 0.220 e. The van der Waals surface area contributed by atoms with Crippen LogP contribution in [-0.2, 0) is 33.2 Å². The highest BCUT2D eigenvalue weighted by Gasteiger charge is 2.53. The third-order valence-electron chi connectivity index (χ3n) is 17.8. The van der Waals surface area contributed by atoms with Crippen LogP contribution >= 0.6 is 0 Å². The second-order valence-corrected chi connectivity index (χ2v) is 25.3. The number of allylic oxidation sites excluding steroid dienone is 3. The van der Waals surface area contributed by atoms with E-state index < -0.39 is 124 Å². The molecule has 1 amide bonds. The van der Waals surface area contributed by atoms with Gasteiger partial charge in [-0.25, -0.2) is 0 Å². The summed E-state index contributed by atoms with van der Waals surface area (Å²) in [6, 6.07) is -0.984. The maximum absolute atomic E-state index is 13.3. The quantitative estimate of drug-likeness (QED) is 0.0200. The zero-order valence-corrected chi connectivity index (χ0v) is 54.0. The van der Waals surface area contributed by atoms with Crippen LogP contribution in [0, 0.1) is 0 Å². The fraction of sp³-hybridized carbons (Fsp3) is 0.926. The molecule has 12 N–H and O–H groups in total. The van der Waals surface area contributed by atoms with Gasteiger partial charge in [-0.2, -0.15) is 0 Å². The normalized spacial score (nSPS) is 28.7. The van der Waals surface area contributed by atoms with E-state index in [0.29, 0.717) is 12.8 Å². The zero-order chi connectivity index (χ0) is 63.3. The second-order valence-electron chi connectivity index (χ2n) is 25.3. The van der Waals surface area contributed by atoms with Crippen molar-refractivity contribution >= 4 is 5.91 Å². The number of aliphatic hydroxyl groups is 11. The summed E-state index contributed by atoms with van der Waals surface area (Å²) < 4.78 is 34.2. The van der Waals surface area contributed by atoms with Crippen molar-refractivity contribution in [3.8, 4) is 0 Å². The first kappa shape index (κ1) is 79.5. The Balaban J connectivity index is 1.31. The van der Waals surface area contributed by atoms with Crippen LogP contribution in [0.3, 0.4) is 0 Å². The summed E-state index contributed by atoms with van der Waals surface area (Å²) in [4.78, 5) is 13.3. The molecule has 0 aromatic carbocycles. The molecule has 3 heterocycles. The number of rotatable bonds is 54. The van der Waals surface area contributed by atoms with Crippen molar-refractivity contribution in [2.45, 2.75) is 375 Å². The Hall–Kier alpha value is -1.73. The molecule has 19 heteroatoms. The second kappa shape index (κ2) is 50.8. The van der Waals surface area contributed by atoms with Crippen LogP contribution in [0.5, 0.6) is 0 Å². The van der Waals surface area contributed by atoms with Gasteiger partial charge in [0.05, 0.1) is 38.6 Å². The lowest BCUT2D eigenvalue weighted by Gasteiger charge is -2.48. The van der Waals surface area contributed by atoms with Crippen LogP contribution in [0.15, 0.2) is 24.3 Å². The summed E-state index contributed by atoms with van der Waals surface area (Å²) in [5.74, 6) is -0.283. The molecule has 0 bridgehead atoms. The Kier molecular flexibility index (Phi) is 46.4. The van der Waals surface area contributed by atoms with E-state index in [-0.39, 0.29) is 18.9 Å². The summed E-state index contributed by atoms with van der Waals surface area (Å²) >= 11 is 0. The third kappa shape index (κ3) is 33.1. The van der Waals surface area contributed by atoms with Gasteiger partial charge in [0.1, 0.15) is 73.2 Å². The molecule has 3 saturated heterocycles. The third-order valence-corrected chi connectivity index (χ3v) is 17.8. The molecule has 87 heavy (non-hydrogen) atoms. The summed E-state index contributed by atoms with van der Waals surface area (Å²) in [6.07, 6.45) is 30.9. The highest BCUT2D eigenvalue weighted by molar-refractivity contribution is 5.76. The van der Waals surface area contributed by atoms with Gasteiger partial charge >= 0.3 is 0 Å². The average molecular weight is 1250 g/mol. The first-order valence-electron chi connectivity index (χ1n) is 35.1. The first-order valence-corrected chi connectivity index (χ1v) is 35.1. The van der Waals surface area contributed by atoms with Crippen LogP contribution in [0.1, 0.15) is 271 Å². The molecule has 19 nitrogen and oxygen atoms in total. The molecule has 3 fully saturated rings. The van der Waals surface area contributed by atoms with Crippen molar-refractivity contribution in [1.82, 2.24) is 5.32 Å². The van der Waals surface area contributed by atoms with E-state index in [4.69, 9.17) is 28.4 Å². The Morgan fingerprint density at radius 3 is 1.15 bits per heavy atom. The van der Waals surface area contributed by atoms with E-state index in [2.05, 4.69) is 31.3 Å². The van der Waals surface area contributed by atoms with Crippen LogP contribution in [0.25, 0.3) is 0 Å². The van der Waals surface area contributed by atoms with Gasteiger partial charge in [0.15, 0.2) is 18.9 Å². The van der Waals surface area contributed by atoms with Crippen molar-refractivity contribution in [2.24, 2.45) is 0 Å². The maximum atomic E-state index is 13.3. The van der Waals surface area contributed by atoms with E-state index in [1.165, 1.54) is 193 Å². The number of unbranched alkanes of at least 4 members (excludes halogenated alkanes) is 36. The first-order chi connectivity index (χ1) is 42.3. The topological polar surface area (TPSA) is 307 Å². The fourth-order valence-electron chi connectivity index (χ4n) is 12.0. The van der Waals surface area contributed by atoms with Crippen molar-refractivity contribution in [3.05, 3.63) is 24.3 Å². The minimum absolute atomic E-state index is 0.240. The summed E-state index contributed by atoms with van der Waals surface area (Å²) in [7, 11) is 0. The Morgan fingerprint density at radius 2 is 0.736 bits per heavy atom. The molecule has 0 saturated carbocycles. The molecule has 3 aliphatic rings. The molecular weight excluding hydrogens is 1120 g/mol. The molecule has 0 aliphatic carbocycles. The van der Waals surface area contributed by atoms with E-state index in [1.807, 2.05) is 6.08 Å². The molecule has 0 aromatic heterocycles.